The molecule has 18 heavy (non-hydrogen) atoms. The summed E-state index contributed by atoms with van der Waals surface area (Å²) in [7, 11) is 0. The number of amides is 1. The van der Waals surface area contributed by atoms with Crippen LogP contribution in [-0.2, 0) is 4.79 Å². The minimum atomic E-state index is -0.138. The Morgan fingerprint density at radius 1 is 1.61 bits per heavy atom. The van der Waals surface area contributed by atoms with Gasteiger partial charge in [0.05, 0.1) is 15.5 Å². The monoisotopic (exact) mass is 300 g/mol. The zero-order valence-electron chi connectivity index (χ0n) is 10.1. The molecule has 0 bridgehead atoms. The highest BCUT2D eigenvalue weighted by Crippen LogP contribution is 2.33. The zero-order valence-corrected chi connectivity index (χ0v) is 12.5. The third-order valence-electron chi connectivity index (χ3n) is 2.33. The van der Waals surface area contributed by atoms with Crippen LogP contribution in [0.15, 0.2) is 22.5 Å². The molecular weight excluding hydrogens is 288 g/mol. The lowest BCUT2D eigenvalue weighted by Gasteiger charge is -2.07. The molecule has 1 amide bonds. The standard InChI is InChI=1S/C12H13ClN2OS2/c1-3-14-11(16)7(2)17-12-15-9-6-8(13)4-5-10(9)18-12/h4-7H,3H2,1-2H3,(H,14,16)/t7-/m1/s1. The summed E-state index contributed by atoms with van der Waals surface area (Å²) in [5, 5.41) is 3.35. The van der Waals surface area contributed by atoms with Gasteiger partial charge in [0.1, 0.15) is 0 Å². The lowest BCUT2D eigenvalue weighted by Crippen LogP contribution is -2.30. The predicted octanol–water partition coefficient (Wildman–Crippen LogP) is 3.57. The minimum Gasteiger partial charge on any atom is -0.355 e. The Morgan fingerprint density at radius 3 is 3.11 bits per heavy atom. The average molecular weight is 301 g/mol. The molecule has 0 saturated heterocycles. The van der Waals surface area contributed by atoms with Crippen molar-refractivity contribution in [3.05, 3.63) is 23.2 Å². The second-order valence-electron chi connectivity index (χ2n) is 3.75. The van der Waals surface area contributed by atoms with Gasteiger partial charge >= 0.3 is 0 Å². The van der Waals surface area contributed by atoms with Crippen LogP contribution in [0.3, 0.4) is 0 Å². The van der Waals surface area contributed by atoms with Gasteiger partial charge < -0.3 is 5.32 Å². The molecule has 0 radical (unpaired) electrons. The number of hydrogen-bond donors (Lipinski definition) is 1. The summed E-state index contributed by atoms with van der Waals surface area (Å²) in [6, 6.07) is 5.65. The van der Waals surface area contributed by atoms with Crippen LogP contribution < -0.4 is 5.32 Å². The number of carbonyl (C=O) groups is 1. The van der Waals surface area contributed by atoms with Gasteiger partial charge in [-0.25, -0.2) is 4.98 Å². The minimum absolute atomic E-state index is 0.0415. The molecule has 1 aromatic heterocycles. The van der Waals surface area contributed by atoms with Gasteiger partial charge in [-0.2, -0.15) is 0 Å². The number of hydrogen-bond acceptors (Lipinski definition) is 4. The van der Waals surface area contributed by atoms with Crippen molar-refractivity contribution < 1.29 is 4.79 Å². The maximum Gasteiger partial charge on any atom is 0.233 e. The summed E-state index contributed by atoms with van der Waals surface area (Å²) in [5.41, 5.74) is 0.887. The fourth-order valence-corrected chi connectivity index (χ4v) is 3.83. The highest BCUT2D eigenvalue weighted by molar-refractivity contribution is 8.02. The molecule has 0 aliphatic carbocycles. The molecule has 1 aromatic carbocycles. The fraction of sp³-hybridized carbons (Fsp3) is 0.333. The molecule has 1 atom stereocenters. The van der Waals surface area contributed by atoms with E-state index >= 15 is 0 Å². The first-order valence-corrected chi connectivity index (χ1v) is 7.68. The van der Waals surface area contributed by atoms with Crippen molar-refractivity contribution in [2.75, 3.05) is 6.54 Å². The molecule has 3 nitrogen and oxygen atoms in total. The van der Waals surface area contributed by atoms with E-state index in [0.29, 0.717) is 11.6 Å². The summed E-state index contributed by atoms with van der Waals surface area (Å²) in [6.07, 6.45) is 0. The Balaban J connectivity index is 2.14. The molecule has 0 unspecified atom stereocenters. The first kappa shape index (κ1) is 13.6. The SMILES string of the molecule is CCNC(=O)[C@@H](C)Sc1nc2cc(Cl)ccc2s1. The Labute approximate surface area is 119 Å². The number of fused-ring (bicyclic) bond motifs is 1. The quantitative estimate of drug-likeness (QED) is 0.878. The molecule has 1 heterocycles. The Hall–Kier alpha value is -0.780. The summed E-state index contributed by atoms with van der Waals surface area (Å²) >= 11 is 8.98. The van der Waals surface area contributed by atoms with Gasteiger partial charge in [-0.3, -0.25) is 4.79 Å². The molecule has 2 aromatic rings. The second-order valence-corrected chi connectivity index (χ2v) is 6.80. The van der Waals surface area contributed by atoms with Crippen LogP contribution in [0.4, 0.5) is 0 Å². The van der Waals surface area contributed by atoms with E-state index in [4.69, 9.17) is 11.6 Å². The van der Waals surface area contributed by atoms with Gasteiger partial charge in [0, 0.05) is 11.6 Å². The van der Waals surface area contributed by atoms with Crippen molar-refractivity contribution in [3.63, 3.8) is 0 Å². The van der Waals surface area contributed by atoms with E-state index in [-0.39, 0.29) is 11.2 Å². The van der Waals surface area contributed by atoms with Gasteiger partial charge in [0.15, 0.2) is 4.34 Å². The molecule has 6 heteroatoms. The molecule has 1 N–H and O–H groups in total. The van der Waals surface area contributed by atoms with E-state index in [1.807, 2.05) is 32.0 Å². The maximum atomic E-state index is 11.6. The van der Waals surface area contributed by atoms with Crippen LogP contribution in [0, 0.1) is 0 Å². The highest BCUT2D eigenvalue weighted by Gasteiger charge is 2.15. The second kappa shape index (κ2) is 5.91. The van der Waals surface area contributed by atoms with Crippen LogP contribution in [0.1, 0.15) is 13.8 Å². The summed E-state index contributed by atoms with van der Waals surface area (Å²) < 4.78 is 1.98. The molecule has 0 fully saturated rings. The van der Waals surface area contributed by atoms with Crippen molar-refractivity contribution >= 4 is 50.8 Å². The van der Waals surface area contributed by atoms with Gasteiger partial charge in [-0.15, -0.1) is 11.3 Å². The highest BCUT2D eigenvalue weighted by atomic mass is 35.5. The number of thioether (sulfide) groups is 1. The Kier molecular flexibility index (Phi) is 4.48. The molecule has 0 aliphatic heterocycles. The normalized spacial score (nSPS) is 12.6. The summed E-state index contributed by atoms with van der Waals surface area (Å²) in [4.78, 5) is 16.1. The van der Waals surface area contributed by atoms with Crippen molar-refractivity contribution in [2.45, 2.75) is 23.4 Å². The van der Waals surface area contributed by atoms with Crippen molar-refractivity contribution in [2.24, 2.45) is 0 Å². The lowest BCUT2D eigenvalue weighted by atomic mass is 10.3. The van der Waals surface area contributed by atoms with Crippen molar-refractivity contribution in [3.8, 4) is 0 Å². The fourth-order valence-electron chi connectivity index (χ4n) is 1.45. The van der Waals surface area contributed by atoms with Crippen LogP contribution >= 0.6 is 34.7 Å². The summed E-state index contributed by atoms with van der Waals surface area (Å²) in [5.74, 6) is 0.0415. The average Bonchev–Trinajstić information content (AvgIpc) is 2.70. The van der Waals surface area contributed by atoms with E-state index < -0.39 is 0 Å². The summed E-state index contributed by atoms with van der Waals surface area (Å²) in [6.45, 7) is 4.45. The number of benzene rings is 1. The number of aromatic nitrogens is 1. The van der Waals surface area contributed by atoms with Gasteiger partial charge in [-0.1, -0.05) is 23.4 Å². The van der Waals surface area contributed by atoms with Crippen LogP contribution in [-0.4, -0.2) is 22.7 Å². The van der Waals surface area contributed by atoms with Gasteiger partial charge in [0.25, 0.3) is 0 Å². The number of rotatable bonds is 4. The Morgan fingerprint density at radius 2 is 2.39 bits per heavy atom. The van der Waals surface area contributed by atoms with E-state index in [1.165, 1.54) is 11.8 Å². The van der Waals surface area contributed by atoms with Crippen LogP contribution in [0.5, 0.6) is 0 Å². The zero-order chi connectivity index (χ0) is 13.1. The molecular formula is C12H13ClN2OS2. The van der Waals surface area contributed by atoms with Crippen LogP contribution in [0.25, 0.3) is 10.2 Å². The number of nitrogens with zero attached hydrogens (tertiary/aromatic N) is 1. The predicted molar refractivity (Wildman–Crippen MR) is 78.6 cm³/mol. The molecule has 0 spiro atoms. The number of halogens is 1. The van der Waals surface area contributed by atoms with E-state index in [1.54, 1.807) is 11.3 Å². The Bertz CT molecular complexity index is 570. The largest absolute Gasteiger partial charge is 0.355 e. The number of nitrogens with one attached hydrogen (secondary N) is 1. The van der Waals surface area contributed by atoms with E-state index in [9.17, 15) is 4.79 Å². The molecule has 0 aliphatic rings. The van der Waals surface area contributed by atoms with Crippen LogP contribution in [0.2, 0.25) is 5.02 Å². The third-order valence-corrected chi connectivity index (χ3v) is 4.79. The first-order valence-electron chi connectivity index (χ1n) is 5.60. The first-order chi connectivity index (χ1) is 8.60. The maximum absolute atomic E-state index is 11.6. The smallest absolute Gasteiger partial charge is 0.233 e. The number of thiazole rings is 1. The van der Waals surface area contributed by atoms with Crippen molar-refractivity contribution in [1.29, 1.82) is 0 Å². The van der Waals surface area contributed by atoms with Gasteiger partial charge in [-0.05, 0) is 32.0 Å². The third kappa shape index (κ3) is 3.16. The van der Waals surface area contributed by atoms with Gasteiger partial charge in [0.2, 0.25) is 5.91 Å². The lowest BCUT2D eigenvalue weighted by molar-refractivity contribution is -0.120. The molecule has 0 saturated carbocycles. The molecule has 96 valence electrons. The van der Waals surface area contributed by atoms with E-state index in [0.717, 1.165) is 14.6 Å². The molecule has 2 rings (SSSR count). The van der Waals surface area contributed by atoms with E-state index in [2.05, 4.69) is 10.3 Å². The van der Waals surface area contributed by atoms with Crippen molar-refractivity contribution in [1.82, 2.24) is 10.3 Å². The topological polar surface area (TPSA) is 42.0 Å². The number of carbonyl (C=O) groups excluding carboxylic acids is 1.